The fraction of sp³-hybridized carbons (Fsp3) is 0.500. The van der Waals surface area contributed by atoms with Gasteiger partial charge in [-0.15, -0.1) is 0 Å². The van der Waals surface area contributed by atoms with Crippen molar-refractivity contribution in [1.82, 2.24) is 14.5 Å². The minimum Gasteiger partial charge on any atom is -0.328 e. The number of pyridine rings is 1. The molecule has 5 nitrogen and oxygen atoms in total. The van der Waals surface area contributed by atoms with Crippen molar-refractivity contribution >= 4 is 11.2 Å². The van der Waals surface area contributed by atoms with Crippen LogP contribution < -0.4 is 11.4 Å². The summed E-state index contributed by atoms with van der Waals surface area (Å²) in [5, 5.41) is 0. The number of hydrogen-bond acceptors (Lipinski definition) is 3. The third-order valence-corrected chi connectivity index (χ3v) is 3.60. The summed E-state index contributed by atoms with van der Waals surface area (Å²) in [5.74, 6) is 0. The van der Waals surface area contributed by atoms with Gasteiger partial charge in [0.1, 0.15) is 0 Å². The highest BCUT2D eigenvalue weighted by atomic mass is 16.1. The summed E-state index contributed by atoms with van der Waals surface area (Å²) in [6, 6.07) is 4.36. The van der Waals surface area contributed by atoms with E-state index < -0.39 is 0 Å². The lowest BCUT2D eigenvalue weighted by molar-refractivity contribution is 0.324. The number of nitrogens with two attached hydrogens (primary N) is 1. The number of fused-ring (bicyclic) bond motifs is 1. The molecule has 5 heteroatoms. The molecular formula is C12H16N4O. The van der Waals surface area contributed by atoms with Crippen LogP contribution in [-0.4, -0.2) is 20.6 Å². The molecule has 1 saturated carbocycles. The van der Waals surface area contributed by atoms with Crippen LogP contribution in [0.4, 0.5) is 0 Å². The van der Waals surface area contributed by atoms with Gasteiger partial charge >= 0.3 is 5.69 Å². The highest BCUT2D eigenvalue weighted by Crippen LogP contribution is 2.28. The summed E-state index contributed by atoms with van der Waals surface area (Å²) in [4.78, 5) is 18.9. The first-order valence-electron chi connectivity index (χ1n) is 6.06. The molecular weight excluding hydrogens is 216 g/mol. The second kappa shape index (κ2) is 4.00. The standard InChI is InChI=1S/C12H16N4O/c13-8-3-5-9(6-4-8)16-10-2-1-7-14-11(10)15-12(16)17/h1-2,7-9H,3-6,13H2,(H,14,15,17). The largest absolute Gasteiger partial charge is 0.328 e. The topological polar surface area (TPSA) is 76.7 Å². The summed E-state index contributed by atoms with van der Waals surface area (Å²) < 4.78 is 1.84. The second-order valence-corrected chi connectivity index (χ2v) is 4.74. The minimum absolute atomic E-state index is 0.0563. The van der Waals surface area contributed by atoms with E-state index in [1.54, 1.807) is 6.20 Å². The van der Waals surface area contributed by atoms with Gasteiger partial charge in [-0.1, -0.05) is 0 Å². The molecule has 3 rings (SSSR count). The van der Waals surface area contributed by atoms with E-state index in [1.165, 1.54) is 0 Å². The van der Waals surface area contributed by atoms with E-state index in [4.69, 9.17) is 5.73 Å². The molecule has 0 amide bonds. The first-order chi connectivity index (χ1) is 8.25. The quantitative estimate of drug-likeness (QED) is 0.774. The number of nitrogens with zero attached hydrogens (tertiary/aromatic N) is 2. The van der Waals surface area contributed by atoms with Crippen molar-refractivity contribution in [2.75, 3.05) is 0 Å². The number of aromatic nitrogens is 3. The van der Waals surface area contributed by atoms with Gasteiger partial charge in [0, 0.05) is 18.3 Å². The first-order valence-corrected chi connectivity index (χ1v) is 6.06. The molecule has 2 aromatic heterocycles. The number of rotatable bonds is 1. The molecule has 1 aliphatic rings. The van der Waals surface area contributed by atoms with Gasteiger partial charge in [0.25, 0.3) is 0 Å². The van der Waals surface area contributed by atoms with Crippen LogP contribution >= 0.6 is 0 Å². The molecule has 3 N–H and O–H groups in total. The molecule has 0 aliphatic heterocycles. The molecule has 2 aromatic rings. The van der Waals surface area contributed by atoms with E-state index in [0.29, 0.717) is 11.7 Å². The summed E-state index contributed by atoms with van der Waals surface area (Å²) in [7, 11) is 0. The third-order valence-electron chi connectivity index (χ3n) is 3.60. The molecule has 0 saturated heterocycles. The number of hydrogen-bond donors (Lipinski definition) is 2. The molecule has 90 valence electrons. The molecule has 1 fully saturated rings. The predicted molar refractivity (Wildman–Crippen MR) is 65.8 cm³/mol. The Hall–Kier alpha value is -1.62. The van der Waals surface area contributed by atoms with Crippen LogP contribution in [0.3, 0.4) is 0 Å². The molecule has 1 aliphatic carbocycles. The molecule has 0 bridgehead atoms. The molecule has 0 aromatic carbocycles. The van der Waals surface area contributed by atoms with Crippen molar-refractivity contribution in [2.24, 2.45) is 5.73 Å². The van der Waals surface area contributed by atoms with Gasteiger partial charge in [-0.25, -0.2) is 9.78 Å². The summed E-state index contributed by atoms with van der Waals surface area (Å²) in [6.45, 7) is 0. The monoisotopic (exact) mass is 232 g/mol. The number of aromatic amines is 1. The molecule has 0 radical (unpaired) electrons. The van der Waals surface area contributed by atoms with E-state index >= 15 is 0 Å². The van der Waals surface area contributed by atoms with Crippen molar-refractivity contribution in [3.05, 3.63) is 28.8 Å². The Labute approximate surface area is 98.7 Å². The Morgan fingerprint density at radius 1 is 1.35 bits per heavy atom. The number of nitrogens with one attached hydrogen (secondary N) is 1. The Bertz CT molecular complexity index is 577. The maximum absolute atomic E-state index is 12.0. The first kappa shape index (κ1) is 10.5. The van der Waals surface area contributed by atoms with Crippen LogP contribution in [0.15, 0.2) is 23.1 Å². The fourth-order valence-corrected chi connectivity index (χ4v) is 2.68. The Kier molecular flexibility index (Phi) is 2.48. The Morgan fingerprint density at radius 3 is 2.88 bits per heavy atom. The SMILES string of the molecule is NC1CCC(n2c(=O)[nH]c3ncccc32)CC1. The maximum atomic E-state index is 12.0. The molecule has 0 unspecified atom stereocenters. The van der Waals surface area contributed by atoms with E-state index in [0.717, 1.165) is 31.2 Å². The second-order valence-electron chi connectivity index (χ2n) is 4.74. The minimum atomic E-state index is -0.0563. The average molecular weight is 232 g/mol. The van der Waals surface area contributed by atoms with Gasteiger partial charge < -0.3 is 5.73 Å². The number of imidazole rings is 1. The molecule has 2 heterocycles. The molecule has 0 atom stereocenters. The van der Waals surface area contributed by atoms with Gasteiger partial charge in [-0.3, -0.25) is 9.55 Å². The van der Waals surface area contributed by atoms with E-state index in [2.05, 4.69) is 9.97 Å². The Morgan fingerprint density at radius 2 is 2.12 bits per heavy atom. The van der Waals surface area contributed by atoms with Gasteiger partial charge in [-0.05, 0) is 37.8 Å². The normalized spacial score (nSPS) is 25.2. The highest BCUT2D eigenvalue weighted by Gasteiger charge is 2.23. The van der Waals surface area contributed by atoms with Crippen molar-refractivity contribution in [3.63, 3.8) is 0 Å². The van der Waals surface area contributed by atoms with Crippen LogP contribution in [-0.2, 0) is 0 Å². The average Bonchev–Trinajstić information content (AvgIpc) is 2.66. The van der Waals surface area contributed by atoms with Gasteiger partial charge in [0.2, 0.25) is 0 Å². The van der Waals surface area contributed by atoms with Crippen LogP contribution in [0.2, 0.25) is 0 Å². The van der Waals surface area contributed by atoms with Gasteiger partial charge in [-0.2, -0.15) is 0 Å². The lowest BCUT2D eigenvalue weighted by atomic mass is 9.91. The predicted octanol–water partition coefficient (Wildman–Crippen LogP) is 1.17. The van der Waals surface area contributed by atoms with E-state index in [-0.39, 0.29) is 11.7 Å². The smallest absolute Gasteiger partial charge is 0.327 e. The summed E-state index contributed by atoms with van der Waals surface area (Å²) in [5.41, 5.74) is 7.41. The van der Waals surface area contributed by atoms with Gasteiger partial charge in [0.05, 0.1) is 5.52 Å². The lowest BCUT2D eigenvalue weighted by Gasteiger charge is -2.26. The van der Waals surface area contributed by atoms with Gasteiger partial charge in [0.15, 0.2) is 5.65 Å². The van der Waals surface area contributed by atoms with Crippen molar-refractivity contribution in [2.45, 2.75) is 37.8 Å². The summed E-state index contributed by atoms with van der Waals surface area (Å²) >= 11 is 0. The van der Waals surface area contributed by atoms with Crippen molar-refractivity contribution in [1.29, 1.82) is 0 Å². The fourth-order valence-electron chi connectivity index (χ4n) is 2.68. The maximum Gasteiger partial charge on any atom is 0.327 e. The van der Waals surface area contributed by atoms with E-state index in [1.807, 2.05) is 16.7 Å². The summed E-state index contributed by atoms with van der Waals surface area (Å²) in [6.07, 6.45) is 5.62. The van der Waals surface area contributed by atoms with Crippen LogP contribution in [0.1, 0.15) is 31.7 Å². The lowest BCUT2D eigenvalue weighted by Crippen LogP contribution is -2.31. The van der Waals surface area contributed by atoms with Crippen LogP contribution in [0, 0.1) is 0 Å². The zero-order valence-electron chi connectivity index (χ0n) is 9.60. The molecule has 17 heavy (non-hydrogen) atoms. The highest BCUT2D eigenvalue weighted by molar-refractivity contribution is 5.70. The number of H-pyrrole nitrogens is 1. The third kappa shape index (κ3) is 1.76. The van der Waals surface area contributed by atoms with Crippen molar-refractivity contribution < 1.29 is 0 Å². The van der Waals surface area contributed by atoms with Crippen molar-refractivity contribution in [3.8, 4) is 0 Å². The van der Waals surface area contributed by atoms with Crippen LogP contribution in [0.5, 0.6) is 0 Å². The molecule has 0 spiro atoms. The van der Waals surface area contributed by atoms with E-state index in [9.17, 15) is 4.79 Å². The Balaban J connectivity index is 2.05. The zero-order chi connectivity index (χ0) is 11.8. The van der Waals surface area contributed by atoms with Crippen LogP contribution in [0.25, 0.3) is 11.2 Å². The zero-order valence-corrected chi connectivity index (χ0v) is 9.60.